The molecule has 1 fully saturated rings. The van der Waals surface area contributed by atoms with Crippen LogP contribution in [0.25, 0.3) is 11.5 Å². The van der Waals surface area contributed by atoms with Gasteiger partial charge in [-0.3, -0.25) is 0 Å². The van der Waals surface area contributed by atoms with Crippen molar-refractivity contribution in [2.75, 3.05) is 36.5 Å². The first-order valence-corrected chi connectivity index (χ1v) is 9.60. The average molecular weight is 430 g/mol. The number of hydrogen-bond donors (Lipinski definition) is 1. The molecule has 0 atom stereocenters. The zero-order valence-electron chi connectivity index (χ0n) is 15.0. The normalized spacial score (nSPS) is 14.4. The monoisotopic (exact) mass is 429 g/mol. The Morgan fingerprint density at radius 2 is 2.04 bits per heavy atom. The third kappa shape index (κ3) is 4.28. The van der Waals surface area contributed by atoms with Gasteiger partial charge in [-0.15, -0.1) is 0 Å². The Bertz CT molecular complexity index is 924. The van der Waals surface area contributed by atoms with E-state index in [9.17, 15) is 0 Å². The van der Waals surface area contributed by atoms with Crippen molar-refractivity contribution in [1.29, 1.82) is 0 Å². The molecule has 2 aromatic heterocycles. The fourth-order valence-corrected chi connectivity index (χ4v) is 3.39. The molecule has 0 bridgehead atoms. The summed E-state index contributed by atoms with van der Waals surface area (Å²) in [5, 5.41) is 7.24. The maximum absolute atomic E-state index is 5.48. The summed E-state index contributed by atoms with van der Waals surface area (Å²) in [7, 11) is 0. The first-order valence-electron chi connectivity index (χ1n) is 8.81. The molecule has 1 aliphatic heterocycles. The lowest BCUT2D eigenvalue weighted by atomic mass is 10.1. The topological polar surface area (TPSA) is 76.3 Å². The van der Waals surface area contributed by atoms with Crippen LogP contribution >= 0.6 is 15.9 Å². The molecule has 0 saturated carbocycles. The van der Waals surface area contributed by atoms with E-state index >= 15 is 0 Å². The maximum atomic E-state index is 5.48. The van der Waals surface area contributed by atoms with Gasteiger partial charge in [-0.25, -0.2) is 4.98 Å². The number of pyridine rings is 1. The lowest BCUT2D eigenvalue weighted by Crippen LogP contribution is -2.36. The number of anilines is 2. The minimum absolute atomic E-state index is 0.496. The van der Waals surface area contributed by atoms with Crippen LogP contribution in [0.5, 0.6) is 0 Å². The summed E-state index contributed by atoms with van der Waals surface area (Å²) in [6, 6.07) is 10.1. The van der Waals surface area contributed by atoms with E-state index in [0.29, 0.717) is 18.3 Å². The van der Waals surface area contributed by atoms with E-state index in [1.807, 2.05) is 12.1 Å². The smallest absolute Gasteiger partial charge is 0.258 e. The number of ether oxygens (including phenoxy) is 1. The number of halogens is 1. The van der Waals surface area contributed by atoms with Crippen molar-refractivity contribution < 1.29 is 9.26 Å². The Labute approximate surface area is 165 Å². The van der Waals surface area contributed by atoms with Crippen molar-refractivity contribution in [3.05, 3.63) is 52.4 Å². The lowest BCUT2D eigenvalue weighted by molar-refractivity contribution is 0.122. The molecule has 3 aromatic rings. The van der Waals surface area contributed by atoms with Gasteiger partial charge in [-0.1, -0.05) is 27.2 Å². The predicted molar refractivity (Wildman–Crippen MR) is 107 cm³/mol. The Morgan fingerprint density at radius 1 is 1.19 bits per heavy atom. The second-order valence-electron chi connectivity index (χ2n) is 6.30. The van der Waals surface area contributed by atoms with Crippen LogP contribution in [0, 0.1) is 6.92 Å². The highest BCUT2D eigenvalue weighted by atomic mass is 79.9. The van der Waals surface area contributed by atoms with Crippen molar-refractivity contribution in [3.63, 3.8) is 0 Å². The van der Waals surface area contributed by atoms with Crippen LogP contribution < -0.4 is 10.2 Å². The van der Waals surface area contributed by atoms with E-state index in [0.717, 1.165) is 42.2 Å². The Hall–Kier alpha value is -2.45. The summed E-state index contributed by atoms with van der Waals surface area (Å²) in [6.07, 6.45) is 1.74. The van der Waals surface area contributed by atoms with Crippen LogP contribution in [0.2, 0.25) is 0 Å². The molecule has 3 heterocycles. The van der Waals surface area contributed by atoms with Gasteiger partial charge in [-0.05, 0) is 36.8 Å². The average Bonchev–Trinajstić information content (AvgIpc) is 3.14. The van der Waals surface area contributed by atoms with Gasteiger partial charge in [0.1, 0.15) is 5.82 Å². The number of morpholine rings is 1. The zero-order chi connectivity index (χ0) is 18.6. The summed E-state index contributed by atoms with van der Waals surface area (Å²) < 4.78 is 11.8. The van der Waals surface area contributed by atoms with Gasteiger partial charge in [0.2, 0.25) is 0 Å². The quantitative estimate of drug-likeness (QED) is 0.662. The van der Waals surface area contributed by atoms with Crippen LogP contribution in [-0.4, -0.2) is 41.4 Å². The van der Waals surface area contributed by atoms with Crippen molar-refractivity contribution in [3.8, 4) is 11.5 Å². The third-order valence-electron chi connectivity index (χ3n) is 4.39. The van der Waals surface area contributed by atoms with Crippen LogP contribution in [0.1, 0.15) is 11.4 Å². The van der Waals surface area contributed by atoms with Gasteiger partial charge in [-0.2, -0.15) is 4.98 Å². The lowest BCUT2D eigenvalue weighted by Gasteiger charge is -2.31. The molecule has 0 spiro atoms. The largest absolute Gasteiger partial charge is 0.378 e. The Kier molecular flexibility index (Phi) is 5.35. The molecule has 8 heteroatoms. The fourth-order valence-electron chi connectivity index (χ4n) is 3.05. The van der Waals surface area contributed by atoms with E-state index < -0.39 is 0 Å². The summed E-state index contributed by atoms with van der Waals surface area (Å²) in [6.45, 7) is 5.77. The first-order chi connectivity index (χ1) is 13.2. The number of nitrogens with zero attached hydrogens (tertiary/aromatic N) is 4. The van der Waals surface area contributed by atoms with Crippen LogP contribution in [0.15, 0.2) is 45.5 Å². The molecule has 1 saturated heterocycles. The van der Waals surface area contributed by atoms with Gasteiger partial charge < -0.3 is 19.5 Å². The maximum Gasteiger partial charge on any atom is 0.258 e. The number of aromatic nitrogens is 3. The summed E-state index contributed by atoms with van der Waals surface area (Å²) in [5.74, 6) is 1.87. The van der Waals surface area contributed by atoms with Gasteiger partial charge in [0.15, 0.2) is 5.82 Å². The van der Waals surface area contributed by atoms with Crippen molar-refractivity contribution >= 4 is 27.4 Å². The van der Waals surface area contributed by atoms with E-state index in [1.165, 1.54) is 11.3 Å². The molecule has 1 aliphatic rings. The molecule has 1 N–H and O–H groups in total. The minimum Gasteiger partial charge on any atom is -0.378 e. The number of aryl methyl sites for hydroxylation is 1. The molecule has 7 nitrogen and oxygen atoms in total. The van der Waals surface area contributed by atoms with Crippen molar-refractivity contribution in [2.45, 2.75) is 13.5 Å². The molecule has 0 aliphatic carbocycles. The summed E-state index contributed by atoms with van der Waals surface area (Å²) in [4.78, 5) is 11.0. The zero-order valence-corrected chi connectivity index (χ0v) is 16.6. The molecule has 0 radical (unpaired) electrons. The molecule has 0 amide bonds. The third-order valence-corrected chi connectivity index (χ3v) is 4.89. The Morgan fingerprint density at radius 3 is 2.81 bits per heavy atom. The number of rotatable bonds is 5. The predicted octanol–water partition coefficient (Wildman–Crippen LogP) is 3.65. The number of hydrogen-bond acceptors (Lipinski definition) is 7. The number of benzene rings is 1. The molecule has 4 rings (SSSR count). The van der Waals surface area contributed by atoms with Gasteiger partial charge in [0, 0.05) is 41.6 Å². The summed E-state index contributed by atoms with van der Waals surface area (Å²) in [5.41, 5.74) is 3.27. The Balaban J connectivity index is 1.52. The molecule has 27 heavy (non-hydrogen) atoms. The van der Waals surface area contributed by atoms with E-state index in [4.69, 9.17) is 9.26 Å². The van der Waals surface area contributed by atoms with E-state index in [-0.39, 0.29) is 0 Å². The fraction of sp³-hybridized carbons (Fsp3) is 0.316. The molecular formula is C19H20BrN5O2. The van der Waals surface area contributed by atoms with Crippen LogP contribution in [-0.2, 0) is 11.3 Å². The van der Waals surface area contributed by atoms with Gasteiger partial charge >= 0.3 is 0 Å². The second kappa shape index (κ2) is 8.06. The van der Waals surface area contributed by atoms with Crippen LogP contribution in [0.4, 0.5) is 11.5 Å². The SMILES string of the molecule is Cc1noc(-c2ccnc(NCc3ccc(Br)cc3N3CCOCC3)c2)n1. The first kappa shape index (κ1) is 17.9. The standard InChI is InChI=1S/C19H20BrN5O2/c1-13-23-19(27-24-13)14-4-5-21-18(10-14)22-12-15-2-3-16(20)11-17(15)25-6-8-26-9-7-25/h2-5,10-11H,6-9,12H2,1H3,(H,21,22). The molecule has 1 aromatic carbocycles. The highest BCUT2D eigenvalue weighted by molar-refractivity contribution is 9.10. The van der Waals surface area contributed by atoms with E-state index in [1.54, 1.807) is 13.1 Å². The van der Waals surface area contributed by atoms with Crippen molar-refractivity contribution in [1.82, 2.24) is 15.1 Å². The molecule has 140 valence electrons. The van der Waals surface area contributed by atoms with Gasteiger partial charge in [0.25, 0.3) is 5.89 Å². The summed E-state index contributed by atoms with van der Waals surface area (Å²) >= 11 is 3.58. The minimum atomic E-state index is 0.496. The second-order valence-corrected chi connectivity index (χ2v) is 7.22. The highest BCUT2D eigenvalue weighted by Crippen LogP contribution is 2.27. The van der Waals surface area contributed by atoms with Gasteiger partial charge in [0.05, 0.1) is 13.2 Å². The molecule has 0 unspecified atom stereocenters. The van der Waals surface area contributed by atoms with Crippen molar-refractivity contribution in [2.24, 2.45) is 0 Å². The highest BCUT2D eigenvalue weighted by Gasteiger charge is 2.15. The van der Waals surface area contributed by atoms with E-state index in [2.05, 4.69) is 59.5 Å². The number of nitrogens with one attached hydrogen (secondary N) is 1. The molecular weight excluding hydrogens is 410 g/mol. The van der Waals surface area contributed by atoms with Crippen LogP contribution in [0.3, 0.4) is 0 Å².